The highest BCUT2D eigenvalue weighted by molar-refractivity contribution is 5.71. The summed E-state index contributed by atoms with van der Waals surface area (Å²) >= 11 is 0. The second kappa shape index (κ2) is 76.1. The van der Waals surface area contributed by atoms with Gasteiger partial charge in [0.25, 0.3) is 6.29 Å². The second-order valence-electron chi connectivity index (χ2n) is 26.6. The number of carboxylic acids is 1. The Labute approximate surface area is 596 Å². The van der Waals surface area contributed by atoms with E-state index in [0.717, 1.165) is 135 Å². The Morgan fingerprint density at radius 1 is 0.320 bits per heavy atom. The first kappa shape index (κ1) is 91.4. The first-order chi connectivity index (χ1) is 47.6. The van der Waals surface area contributed by atoms with Gasteiger partial charge in [0.15, 0.2) is 6.10 Å². The fourth-order valence-corrected chi connectivity index (χ4v) is 10.2. The number of esters is 2. The van der Waals surface area contributed by atoms with Crippen LogP contribution in [0.15, 0.2) is 182 Å². The van der Waals surface area contributed by atoms with Crippen molar-refractivity contribution in [1.29, 1.82) is 0 Å². The number of aliphatic carboxylic acids is 1. The van der Waals surface area contributed by atoms with Gasteiger partial charge in [-0.05, 0) is 141 Å². The Bertz CT molecular complexity index is 2260. The molecule has 0 fully saturated rings. The molecule has 0 amide bonds. The SMILES string of the molecule is CC/C=C\C/C=C\C/C=C\C/C=C\C/C=C\C/C=C\C/C=C\C/C=C\C/C=C\C/C=C\C/C=C\C/C=C\CCCCCCC(=O)OC(COC(=O)CCCCCCCCCCCCCCCCCC/C=C\C/C=C\C/C=C\CCCCCCC)COC(OCC[N+](C)(C)C)C(=O)O. The molecule has 2 unspecified atom stereocenters. The molecule has 0 bridgehead atoms. The zero-order chi connectivity index (χ0) is 70.4. The quantitative estimate of drug-likeness (QED) is 0.0211. The number of carbonyl (C=O) groups excluding carboxylic acids is 2. The van der Waals surface area contributed by atoms with Crippen molar-refractivity contribution in [1.82, 2.24) is 0 Å². The maximum Gasteiger partial charge on any atom is 0.361 e. The van der Waals surface area contributed by atoms with Crippen molar-refractivity contribution in [2.45, 2.75) is 309 Å². The Balaban J connectivity index is 4.19. The normalized spacial score (nSPS) is 13.7. The minimum absolute atomic E-state index is 0.174. The number of nitrogens with zero attached hydrogens (tertiary/aromatic N) is 1. The van der Waals surface area contributed by atoms with Crippen LogP contribution in [0, 0.1) is 0 Å². The average Bonchev–Trinajstić information content (AvgIpc) is 3.27. The minimum Gasteiger partial charge on any atom is -0.477 e. The third-order valence-corrected chi connectivity index (χ3v) is 16.1. The molecule has 0 rings (SSSR count). The molecule has 0 heterocycles. The molecule has 0 saturated heterocycles. The van der Waals surface area contributed by atoms with E-state index in [1.807, 2.05) is 21.1 Å². The van der Waals surface area contributed by atoms with Crippen LogP contribution >= 0.6 is 0 Å². The molecule has 9 heteroatoms. The summed E-state index contributed by atoms with van der Waals surface area (Å²) in [6, 6.07) is 0. The largest absolute Gasteiger partial charge is 0.477 e. The molecular formula is C88H144NO8+. The van der Waals surface area contributed by atoms with Gasteiger partial charge in [-0.1, -0.05) is 325 Å². The van der Waals surface area contributed by atoms with Crippen molar-refractivity contribution in [3.63, 3.8) is 0 Å². The maximum atomic E-state index is 13.0. The lowest BCUT2D eigenvalue weighted by Gasteiger charge is -2.25. The van der Waals surface area contributed by atoms with Crippen LogP contribution < -0.4 is 0 Å². The lowest BCUT2D eigenvalue weighted by atomic mass is 10.0. The Morgan fingerprint density at radius 3 is 0.876 bits per heavy atom. The molecule has 0 aliphatic rings. The van der Waals surface area contributed by atoms with E-state index >= 15 is 0 Å². The van der Waals surface area contributed by atoms with E-state index in [1.54, 1.807) is 0 Å². The van der Waals surface area contributed by atoms with Crippen molar-refractivity contribution in [3.05, 3.63) is 182 Å². The number of carboxylic acid groups (broad SMARTS) is 1. The lowest BCUT2D eigenvalue weighted by molar-refractivity contribution is -0.870. The number of quaternary nitrogens is 1. The van der Waals surface area contributed by atoms with Gasteiger partial charge in [-0.3, -0.25) is 9.59 Å². The van der Waals surface area contributed by atoms with Crippen LogP contribution in [0.1, 0.15) is 296 Å². The number of rotatable bonds is 70. The van der Waals surface area contributed by atoms with Crippen molar-refractivity contribution in [2.75, 3.05) is 47.5 Å². The molecule has 0 radical (unpaired) electrons. The predicted molar refractivity (Wildman–Crippen MR) is 419 cm³/mol. The Kier molecular flexibility index (Phi) is 71.7. The lowest BCUT2D eigenvalue weighted by Crippen LogP contribution is -2.40. The molecule has 0 aromatic rings. The van der Waals surface area contributed by atoms with Gasteiger partial charge in [-0.2, -0.15) is 0 Å². The summed E-state index contributed by atoms with van der Waals surface area (Å²) in [5.41, 5.74) is 0. The number of hydrogen-bond acceptors (Lipinski definition) is 7. The molecular weight excluding hydrogens is 1200 g/mol. The Hall–Kier alpha value is -5.61. The van der Waals surface area contributed by atoms with Crippen molar-refractivity contribution < 1.29 is 42.9 Å². The van der Waals surface area contributed by atoms with Gasteiger partial charge in [0.05, 0.1) is 34.4 Å². The molecule has 0 aliphatic carbocycles. The summed E-state index contributed by atoms with van der Waals surface area (Å²) in [5.74, 6) is -2.05. The molecule has 97 heavy (non-hydrogen) atoms. The summed E-state index contributed by atoms with van der Waals surface area (Å²) in [4.78, 5) is 37.7. The molecule has 2 atom stereocenters. The first-order valence-electron chi connectivity index (χ1n) is 38.9. The minimum atomic E-state index is -1.53. The second-order valence-corrected chi connectivity index (χ2v) is 26.6. The van der Waals surface area contributed by atoms with Crippen molar-refractivity contribution in [3.8, 4) is 0 Å². The molecule has 0 spiro atoms. The van der Waals surface area contributed by atoms with Crippen LogP contribution in [0.4, 0.5) is 0 Å². The molecule has 0 saturated carbocycles. The maximum absolute atomic E-state index is 13.0. The molecule has 9 nitrogen and oxygen atoms in total. The highest BCUT2D eigenvalue weighted by Gasteiger charge is 2.25. The van der Waals surface area contributed by atoms with Crippen LogP contribution in [0.3, 0.4) is 0 Å². The molecule has 548 valence electrons. The van der Waals surface area contributed by atoms with Crippen LogP contribution in [0.25, 0.3) is 0 Å². The smallest absolute Gasteiger partial charge is 0.361 e. The van der Waals surface area contributed by atoms with Gasteiger partial charge >= 0.3 is 17.9 Å². The van der Waals surface area contributed by atoms with Gasteiger partial charge in [0, 0.05) is 12.8 Å². The monoisotopic (exact) mass is 1340 g/mol. The van der Waals surface area contributed by atoms with Gasteiger partial charge in [-0.15, -0.1) is 0 Å². The van der Waals surface area contributed by atoms with E-state index in [2.05, 4.69) is 196 Å². The highest BCUT2D eigenvalue weighted by Crippen LogP contribution is 2.17. The van der Waals surface area contributed by atoms with Crippen LogP contribution in [0.2, 0.25) is 0 Å². The molecule has 0 aromatic heterocycles. The third-order valence-electron chi connectivity index (χ3n) is 16.1. The number of carbonyl (C=O) groups is 3. The van der Waals surface area contributed by atoms with Crippen LogP contribution in [-0.4, -0.2) is 87.4 Å². The summed E-state index contributed by atoms with van der Waals surface area (Å²) in [6.45, 7) is 4.72. The number of hydrogen-bond donors (Lipinski definition) is 1. The van der Waals surface area contributed by atoms with E-state index in [4.69, 9.17) is 18.9 Å². The zero-order valence-corrected chi connectivity index (χ0v) is 62.7. The standard InChI is InChI=1S/C88H143NO8/c1-6-8-10-12-14-16-18-20-22-24-26-28-30-32-34-36-38-39-40-41-42-43-44-45-46-47-49-51-53-55-57-59-61-63-65-67-69-71-73-75-77-79-86(91)97-84(83-96-88(87(92)93)94-81-80-89(3,4)5)82-95-85(90)78-76-74-72-70-68-66-64-62-60-58-56-54-52-50-48-37-35-33-31-29-27-25-23-21-19-17-15-13-11-9-7-2/h8,10,14,16,19-22,25-28,31-34,38-39,41-42,44-45,47,49,53,55,59,61,65,67,84,88H,6-7,9,11-13,15,17-18,23-24,29-30,35-37,40,43,46,48,50-52,54,56-58,60,62-64,66,68-83H2,1-5H3/p+1/b10-8-,16-14-,21-19-,22-20-,27-25-,28-26-,33-31-,34-32-,39-38-,42-41-,45-44-,49-47-,55-53-,61-59-,67-65-. The van der Waals surface area contributed by atoms with E-state index in [1.165, 1.54) is 128 Å². The Morgan fingerprint density at radius 2 is 0.588 bits per heavy atom. The van der Waals surface area contributed by atoms with E-state index in [0.29, 0.717) is 17.4 Å². The van der Waals surface area contributed by atoms with Crippen LogP contribution in [-0.2, 0) is 33.3 Å². The van der Waals surface area contributed by atoms with Gasteiger partial charge in [0.2, 0.25) is 0 Å². The van der Waals surface area contributed by atoms with Crippen molar-refractivity contribution >= 4 is 17.9 Å². The fourth-order valence-electron chi connectivity index (χ4n) is 10.2. The zero-order valence-electron chi connectivity index (χ0n) is 62.7. The molecule has 0 aromatic carbocycles. The summed E-state index contributed by atoms with van der Waals surface area (Å²) in [6.07, 6.45) is 113. The van der Waals surface area contributed by atoms with E-state index < -0.39 is 24.3 Å². The van der Waals surface area contributed by atoms with Gasteiger partial charge < -0.3 is 28.5 Å². The van der Waals surface area contributed by atoms with Crippen LogP contribution in [0.5, 0.6) is 0 Å². The summed E-state index contributed by atoms with van der Waals surface area (Å²) in [7, 11) is 5.96. The van der Waals surface area contributed by atoms with Gasteiger partial charge in [0.1, 0.15) is 13.2 Å². The fraction of sp³-hybridized carbons (Fsp3) is 0.625. The number of ether oxygens (including phenoxy) is 4. The molecule has 0 aliphatic heterocycles. The van der Waals surface area contributed by atoms with Crippen molar-refractivity contribution in [2.24, 2.45) is 0 Å². The predicted octanol–water partition coefficient (Wildman–Crippen LogP) is 25.1. The number of likely N-dealkylation sites (N-methyl/N-ethyl adjacent to an activating group) is 1. The van der Waals surface area contributed by atoms with Gasteiger partial charge in [-0.25, -0.2) is 4.79 Å². The number of unbranched alkanes of at least 4 members (excludes halogenated alkanes) is 25. The number of allylic oxidation sites excluding steroid dienone is 30. The summed E-state index contributed by atoms with van der Waals surface area (Å²) in [5, 5.41) is 9.77. The molecule has 1 N–H and O–H groups in total. The van der Waals surface area contributed by atoms with E-state index in [-0.39, 0.29) is 38.6 Å². The first-order valence-corrected chi connectivity index (χ1v) is 38.9. The average molecular weight is 1340 g/mol. The highest BCUT2D eigenvalue weighted by atomic mass is 16.7. The topological polar surface area (TPSA) is 108 Å². The van der Waals surface area contributed by atoms with E-state index in [9.17, 15) is 19.5 Å². The summed E-state index contributed by atoms with van der Waals surface area (Å²) < 4.78 is 23.0. The third kappa shape index (κ3) is 77.6.